The number of rotatable bonds is 1. The topological polar surface area (TPSA) is 0 Å². The van der Waals surface area contributed by atoms with Crippen molar-refractivity contribution in [3.05, 3.63) is 70.5 Å². The summed E-state index contributed by atoms with van der Waals surface area (Å²) in [7, 11) is -0.230. The molecular formula is C21H18Cl2HfP. The van der Waals surface area contributed by atoms with Gasteiger partial charge in [-0.2, -0.15) is 0 Å². The minimum atomic E-state index is -0.230. The predicted molar refractivity (Wildman–Crippen MR) is 96.6 cm³/mol. The van der Waals surface area contributed by atoms with Gasteiger partial charge in [0.15, 0.2) is 0 Å². The molecule has 1 heterocycles. The predicted octanol–water partition coefficient (Wildman–Crippen LogP) is 0.313. The van der Waals surface area contributed by atoms with E-state index in [0.717, 1.165) is 0 Å². The van der Waals surface area contributed by atoms with Gasteiger partial charge in [-0.25, -0.2) is 0 Å². The Morgan fingerprint density at radius 1 is 0.880 bits per heavy atom. The van der Waals surface area contributed by atoms with E-state index in [4.69, 9.17) is 0 Å². The second-order valence-electron chi connectivity index (χ2n) is 6.62. The van der Waals surface area contributed by atoms with Gasteiger partial charge >= 0.3 is 154 Å². The zero-order valence-corrected chi connectivity index (χ0v) is 19.8. The van der Waals surface area contributed by atoms with Crippen LogP contribution in [0.15, 0.2) is 48.5 Å². The van der Waals surface area contributed by atoms with Crippen molar-refractivity contribution < 1.29 is 49.2 Å². The normalized spacial score (nSPS) is 18.7. The molecule has 0 saturated carbocycles. The van der Waals surface area contributed by atoms with Gasteiger partial charge in [-0.3, -0.25) is 0 Å². The fraction of sp³-hybridized carbons (Fsp3) is 0.238. The molecule has 2 aliphatic rings. The van der Waals surface area contributed by atoms with Crippen LogP contribution in [0, 0.1) is 0 Å². The van der Waals surface area contributed by atoms with E-state index < -0.39 is 0 Å². The molecule has 0 spiro atoms. The average molecular weight is 551 g/mol. The van der Waals surface area contributed by atoms with E-state index in [0.29, 0.717) is 3.67 Å². The second-order valence-corrected chi connectivity index (χ2v) is 10.9. The number of fused-ring (bicyclic) bond motifs is 4. The number of hydrogen-bond acceptors (Lipinski definition) is 0. The Hall–Kier alpha value is -0.330. The zero-order valence-electron chi connectivity index (χ0n) is 13.8. The summed E-state index contributed by atoms with van der Waals surface area (Å²) in [4.78, 5) is 0. The van der Waals surface area contributed by atoms with Crippen molar-refractivity contribution in [1.29, 1.82) is 0 Å². The van der Waals surface area contributed by atoms with E-state index in [1.807, 2.05) is 5.30 Å². The van der Waals surface area contributed by atoms with E-state index in [1.54, 1.807) is 26.9 Å². The Balaban J connectivity index is 0.000000911. The number of aryl methyl sites for hydroxylation is 1. The van der Waals surface area contributed by atoms with Crippen LogP contribution in [0.25, 0.3) is 21.9 Å². The van der Waals surface area contributed by atoms with Crippen molar-refractivity contribution in [3.63, 3.8) is 0 Å². The fourth-order valence-corrected chi connectivity index (χ4v) is 10.0. The van der Waals surface area contributed by atoms with Crippen LogP contribution in [0.4, 0.5) is 0 Å². The van der Waals surface area contributed by atoms with E-state index in [-0.39, 0.29) is 32.3 Å². The number of halogens is 2. The third kappa shape index (κ3) is 3.02. The molecule has 125 valence electrons. The molecule has 0 fully saturated rings. The molecule has 0 radical (unpaired) electrons. The fourth-order valence-electron chi connectivity index (χ4n) is 4.29. The molecule has 2 unspecified atom stereocenters. The zero-order chi connectivity index (χ0) is 15.4. The Bertz CT molecular complexity index is 958. The summed E-state index contributed by atoms with van der Waals surface area (Å²) in [6.45, 7) is 0. The standard InChI is InChI=1S/C21H18P.2ClH.Hf/c1-2-8-16-14-17(13-15(16)7-1)22-20-11-5-3-9-18(20)19-10-4-6-12-21(19)22;;;/h1-3,5,7-9,11,13-14H,4,6,10,12H2;2*1H;/q;;;+2/p-2. The van der Waals surface area contributed by atoms with Gasteiger partial charge in [0.05, 0.1) is 0 Å². The first-order valence-corrected chi connectivity index (χ1v) is 11.9. The van der Waals surface area contributed by atoms with Crippen molar-refractivity contribution in [1.82, 2.24) is 0 Å². The van der Waals surface area contributed by atoms with Gasteiger partial charge in [-0.05, 0) is 0 Å². The van der Waals surface area contributed by atoms with Crippen molar-refractivity contribution in [2.75, 3.05) is 0 Å². The molecule has 4 heteroatoms. The first-order chi connectivity index (χ1) is 11.3. The van der Waals surface area contributed by atoms with Crippen LogP contribution in [-0.2, 0) is 37.2 Å². The minimum absolute atomic E-state index is 0. The van der Waals surface area contributed by atoms with Crippen LogP contribution in [0.2, 0.25) is 0 Å². The monoisotopic (exact) mass is 551 g/mol. The number of hydrogen-bond donors (Lipinski definition) is 0. The van der Waals surface area contributed by atoms with E-state index in [9.17, 15) is 0 Å². The van der Waals surface area contributed by atoms with Gasteiger partial charge in [0.1, 0.15) is 0 Å². The maximum atomic E-state index is 2.54. The molecule has 0 amide bonds. The van der Waals surface area contributed by atoms with E-state index in [1.165, 1.54) is 55.6 Å². The quantitative estimate of drug-likeness (QED) is 0.383. The Morgan fingerprint density at radius 3 is 2.44 bits per heavy atom. The molecule has 0 aliphatic heterocycles. The van der Waals surface area contributed by atoms with Gasteiger partial charge in [0.25, 0.3) is 0 Å². The molecule has 0 N–H and O–H groups in total. The summed E-state index contributed by atoms with van der Waals surface area (Å²) in [6, 6.07) is 18.3. The first kappa shape index (κ1) is 19.4. The van der Waals surface area contributed by atoms with Gasteiger partial charge < -0.3 is 24.8 Å². The summed E-state index contributed by atoms with van der Waals surface area (Å²) in [5.74, 6) is 0. The Labute approximate surface area is 177 Å². The first-order valence-electron chi connectivity index (χ1n) is 8.48. The van der Waals surface area contributed by atoms with Crippen LogP contribution in [0.1, 0.15) is 38.5 Å². The van der Waals surface area contributed by atoms with E-state index in [2.05, 4.69) is 54.6 Å². The maximum absolute atomic E-state index is 2.54. The molecule has 5 rings (SSSR count). The summed E-state index contributed by atoms with van der Waals surface area (Å²) < 4.78 is 0.708. The molecule has 2 aromatic carbocycles. The molecule has 0 bridgehead atoms. The molecule has 0 saturated heterocycles. The average Bonchev–Trinajstić information content (AvgIpc) is 3.11. The van der Waals surface area contributed by atoms with E-state index >= 15 is 0 Å². The number of allylic oxidation sites excluding steroid dienone is 1. The Morgan fingerprint density at radius 2 is 1.60 bits per heavy atom. The van der Waals surface area contributed by atoms with Crippen LogP contribution in [0.5, 0.6) is 0 Å². The third-order valence-electron chi connectivity index (χ3n) is 5.34. The van der Waals surface area contributed by atoms with Crippen LogP contribution >= 0.6 is 7.53 Å². The molecular weight excluding hydrogens is 533 g/mol. The molecule has 25 heavy (non-hydrogen) atoms. The van der Waals surface area contributed by atoms with Crippen molar-refractivity contribution >= 4 is 29.4 Å². The Kier molecular flexibility index (Phi) is 6.01. The summed E-state index contributed by atoms with van der Waals surface area (Å²) in [5.41, 5.74) is 4.77. The number of benzene rings is 2. The molecule has 3 aromatic rings. The molecule has 2 atom stereocenters. The van der Waals surface area contributed by atoms with Gasteiger partial charge in [0, 0.05) is 0 Å². The summed E-state index contributed by atoms with van der Waals surface area (Å²) in [5, 5.41) is 6.79. The van der Waals surface area contributed by atoms with Gasteiger partial charge in [-0.1, -0.05) is 0 Å². The van der Waals surface area contributed by atoms with Crippen LogP contribution in [0.3, 0.4) is 0 Å². The summed E-state index contributed by atoms with van der Waals surface area (Å²) >= 11 is 1.22. The van der Waals surface area contributed by atoms with Crippen molar-refractivity contribution in [2.24, 2.45) is 0 Å². The SMILES string of the molecule is [Cl-].[Cl-].[Hf+2][CH]1C(p2c3c(c4ccccc42)CCCC3)=Cc2ccccc21. The summed E-state index contributed by atoms with van der Waals surface area (Å²) in [6.07, 6.45) is 7.94. The van der Waals surface area contributed by atoms with Crippen LogP contribution in [-0.4, -0.2) is 0 Å². The van der Waals surface area contributed by atoms with Gasteiger partial charge in [-0.15, -0.1) is 0 Å². The van der Waals surface area contributed by atoms with Crippen molar-refractivity contribution in [3.8, 4) is 0 Å². The molecule has 1 aromatic heterocycles. The molecule has 2 aliphatic carbocycles. The third-order valence-corrected chi connectivity index (χ3v) is 11.3. The second kappa shape index (κ2) is 7.73. The van der Waals surface area contributed by atoms with Crippen molar-refractivity contribution in [2.45, 2.75) is 29.4 Å². The van der Waals surface area contributed by atoms with Crippen LogP contribution < -0.4 is 24.8 Å². The van der Waals surface area contributed by atoms with Gasteiger partial charge in [0.2, 0.25) is 0 Å². The molecule has 0 nitrogen and oxygen atoms in total.